The molecule has 8 nitrogen and oxygen atoms in total. The standard InChI is InChI=1S/C20H24N4O4/c1-3-28-20(26)24-10-8-23(9-11-24)19(25)18-16-6-4-13-12-14(27-2)5-7-15(13)17(16)21-22-18/h5,7,12H,3-4,6,8-11H2,1-2H3,(H,21,22). The molecule has 2 amide bonds. The van der Waals surface area contributed by atoms with Crippen LogP contribution >= 0.6 is 0 Å². The van der Waals surface area contributed by atoms with Crippen LogP contribution in [0.1, 0.15) is 28.5 Å². The number of nitrogens with one attached hydrogen (secondary N) is 1. The fourth-order valence-corrected chi connectivity index (χ4v) is 3.87. The normalized spacial score (nSPS) is 15.6. The Hall–Kier alpha value is -3.03. The highest BCUT2D eigenvalue weighted by Gasteiger charge is 2.30. The number of rotatable bonds is 3. The van der Waals surface area contributed by atoms with Crippen molar-refractivity contribution in [1.82, 2.24) is 20.0 Å². The van der Waals surface area contributed by atoms with E-state index in [2.05, 4.69) is 10.2 Å². The van der Waals surface area contributed by atoms with Crippen LogP contribution in [0.4, 0.5) is 4.79 Å². The number of piperazine rings is 1. The minimum Gasteiger partial charge on any atom is -0.497 e. The molecule has 1 aliphatic carbocycles. The maximum absolute atomic E-state index is 13.0. The van der Waals surface area contributed by atoms with Gasteiger partial charge in [-0.1, -0.05) is 0 Å². The predicted molar refractivity (Wildman–Crippen MR) is 102 cm³/mol. The maximum Gasteiger partial charge on any atom is 0.409 e. The number of hydrogen-bond donors (Lipinski definition) is 1. The molecule has 148 valence electrons. The quantitative estimate of drug-likeness (QED) is 0.876. The molecule has 2 aliphatic rings. The lowest BCUT2D eigenvalue weighted by Crippen LogP contribution is -2.51. The third-order valence-corrected chi connectivity index (χ3v) is 5.39. The van der Waals surface area contributed by atoms with Crippen LogP contribution in [0.2, 0.25) is 0 Å². The van der Waals surface area contributed by atoms with E-state index in [1.54, 1.807) is 23.8 Å². The summed E-state index contributed by atoms with van der Waals surface area (Å²) >= 11 is 0. The van der Waals surface area contributed by atoms with Gasteiger partial charge in [0.2, 0.25) is 0 Å². The number of ether oxygens (including phenoxy) is 2. The zero-order valence-electron chi connectivity index (χ0n) is 16.2. The third-order valence-electron chi connectivity index (χ3n) is 5.39. The summed E-state index contributed by atoms with van der Waals surface area (Å²) in [4.78, 5) is 28.3. The monoisotopic (exact) mass is 384 g/mol. The topological polar surface area (TPSA) is 87.8 Å². The number of hydrogen-bond acceptors (Lipinski definition) is 5. The zero-order chi connectivity index (χ0) is 19.7. The van der Waals surface area contributed by atoms with Crippen molar-refractivity contribution in [2.24, 2.45) is 0 Å². The van der Waals surface area contributed by atoms with Crippen LogP contribution < -0.4 is 4.74 Å². The van der Waals surface area contributed by atoms with Crippen LogP contribution in [0.25, 0.3) is 11.3 Å². The molecule has 2 aromatic rings. The van der Waals surface area contributed by atoms with Crippen molar-refractivity contribution >= 4 is 12.0 Å². The number of benzene rings is 1. The molecule has 1 aliphatic heterocycles. The summed E-state index contributed by atoms with van der Waals surface area (Å²) in [5, 5.41) is 7.40. The molecule has 28 heavy (non-hydrogen) atoms. The molecule has 4 rings (SSSR count). The van der Waals surface area contributed by atoms with Crippen LogP contribution in [0.5, 0.6) is 5.75 Å². The Bertz CT molecular complexity index is 900. The largest absolute Gasteiger partial charge is 0.497 e. The minimum atomic E-state index is -0.319. The number of fused-ring (bicyclic) bond motifs is 3. The summed E-state index contributed by atoms with van der Waals surface area (Å²) in [6.07, 6.45) is 1.28. The number of aromatic amines is 1. The molecule has 1 fully saturated rings. The summed E-state index contributed by atoms with van der Waals surface area (Å²) < 4.78 is 10.3. The Kier molecular flexibility index (Phi) is 4.93. The Labute approximate surface area is 163 Å². The van der Waals surface area contributed by atoms with Gasteiger partial charge in [0, 0.05) is 37.3 Å². The first-order valence-electron chi connectivity index (χ1n) is 9.58. The van der Waals surface area contributed by atoms with Gasteiger partial charge in [0.05, 0.1) is 19.4 Å². The van der Waals surface area contributed by atoms with Crippen LogP contribution in [0, 0.1) is 0 Å². The fourth-order valence-electron chi connectivity index (χ4n) is 3.87. The number of aromatic nitrogens is 2. The van der Waals surface area contributed by atoms with Crippen molar-refractivity contribution in [3.05, 3.63) is 35.0 Å². The van der Waals surface area contributed by atoms with Crippen LogP contribution in [0.15, 0.2) is 18.2 Å². The van der Waals surface area contributed by atoms with E-state index < -0.39 is 0 Å². The molecule has 1 N–H and O–H groups in total. The van der Waals surface area contributed by atoms with Gasteiger partial charge in [0.15, 0.2) is 0 Å². The lowest BCUT2D eigenvalue weighted by Gasteiger charge is -2.34. The lowest BCUT2D eigenvalue weighted by atomic mass is 9.88. The van der Waals surface area contributed by atoms with E-state index in [4.69, 9.17) is 9.47 Å². The smallest absolute Gasteiger partial charge is 0.409 e. The van der Waals surface area contributed by atoms with Crippen molar-refractivity contribution < 1.29 is 19.1 Å². The van der Waals surface area contributed by atoms with Crippen molar-refractivity contribution in [1.29, 1.82) is 0 Å². The predicted octanol–water partition coefficient (Wildman–Crippen LogP) is 2.10. The number of amides is 2. The molecular formula is C20H24N4O4. The van der Waals surface area contributed by atoms with E-state index in [0.717, 1.165) is 35.4 Å². The molecule has 0 atom stereocenters. The molecule has 0 saturated carbocycles. The molecule has 0 bridgehead atoms. The van der Waals surface area contributed by atoms with Gasteiger partial charge in [-0.25, -0.2) is 4.79 Å². The highest BCUT2D eigenvalue weighted by molar-refractivity contribution is 5.96. The van der Waals surface area contributed by atoms with E-state index in [1.165, 1.54) is 5.56 Å². The number of aryl methyl sites for hydroxylation is 1. The molecule has 8 heteroatoms. The summed E-state index contributed by atoms with van der Waals surface area (Å²) in [6.45, 7) is 4.06. The van der Waals surface area contributed by atoms with Crippen molar-refractivity contribution in [2.45, 2.75) is 19.8 Å². The van der Waals surface area contributed by atoms with Gasteiger partial charge in [-0.05, 0) is 43.5 Å². The second-order valence-corrected chi connectivity index (χ2v) is 6.93. The van der Waals surface area contributed by atoms with Crippen molar-refractivity contribution in [3.63, 3.8) is 0 Å². The summed E-state index contributed by atoms with van der Waals surface area (Å²) in [6, 6.07) is 5.95. The molecule has 1 aromatic carbocycles. The average molecular weight is 384 g/mol. The zero-order valence-corrected chi connectivity index (χ0v) is 16.2. The number of H-pyrrole nitrogens is 1. The van der Waals surface area contributed by atoms with Gasteiger partial charge >= 0.3 is 6.09 Å². The minimum absolute atomic E-state index is 0.0609. The number of methoxy groups -OCH3 is 1. The second kappa shape index (κ2) is 7.53. The Morgan fingerprint density at radius 3 is 2.61 bits per heavy atom. The summed E-state index contributed by atoms with van der Waals surface area (Å²) in [7, 11) is 1.66. The van der Waals surface area contributed by atoms with Gasteiger partial charge in [-0.2, -0.15) is 5.10 Å². The number of carbonyl (C=O) groups is 2. The van der Waals surface area contributed by atoms with E-state index in [0.29, 0.717) is 38.5 Å². The lowest BCUT2D eigenvalue weighted by molar-refractivity contribution is 0.0565. The first-order valence-corrected chi connectivity index (χ1v) is 9.58. The molecule has 0 radical (unpaired) electrons. The van der Waals surface area contributed by atoms with E-state index in [9.17, 15) is 9.59 Å². The highest BCUT2D eigenvalue weighted by Crippen LogP contribution is 2.35. The van der Waals surface area contributed by atoms with Gasteiger partial charge in [0.1, 0.15) is 11.4 Å². The van der Waals surface area contributed by atoms with Crippen LogP contribution in [-0.4, -0.2) is 71.9 Å². The first kappa shape index (κ1) is 18.3. The van der Waals surface area contributed by atoms with Gasteiger partial charge in [-0.15, -0.1) is 0 Å². The van der Waals surface area contributed by atoms with Gasteiger partial charge < -0.3 is 19.3 Å². The van der Waals surface area contributed by atoms with Gasteiger partial charge in [-0.3, -0.25) is 9.89 Å². The average Bonchev–Trinajstić information content (AvgIpc) is 3.17. The summed E-state index contributed by atoms with van der Waals surface area (Å²) in [5.74, 6) is 0.766. The molecule has 2 heterocycles. The Balaban J connectivity index is 1.50. The van der Waals surface area contributed by atoms with Crippen molar-refractivity contribution in [2.75, 3.05) is 39.9 Å². The molecule has 1 saturated heterocycles. The van der Waals surface area contributed by atoms with Crippen LogP contribution in [0.3, 0.4) is 0 Å². The van der Waals surface area contributed by atoms with E-state index >= 15 is 0 Å². The summed E-state index contributed by atoms with van der Waals surface area (Å²) in [5.41, 5.74) is 4.60. The molecule has 0 spiro atoms. The van der Waals surface area contributed by atoms with Gasteiger partial charge in [0.25, 0.3) is 5.91 Å². The van der Waals surface area contributed by atoms with E-state index in [-0.39, 0.29) is 12.0 Å². The maximum atomic E-state index is 13.0. The molecule has 1 aromatic heterocycles. The van der Waals surface area contributed by atoms with Crippen molar-refractivity contribution in [3.8, 4) is 17.0 Å². The third kappa shape index (κ3) is 3.19. The number of carbonyl (C=O) groups excluding carboxylic acids is 2. The SMILES string of the molecule is CCOC(=O)N1CCN(C(=O)c2[nH]nc3c2CCc2cc(OC)ccc2-3)CC1. The highest BCUT2D eigenvalue weighted by atomic mass is 16.6. The fraction of sp³-hybridized carbons (Fsp3) is 0.450. The molecule has 0 unspecified atom stereocenters. The van der Waals surface area contributed by atoms with E-state index in [1.807, 2.05) is 18.2 Å². The first-order chi connectivity index (χ1) is 13.6. The van der Waals surface area contributed by atoms with Crippen LogP contribution in [-0.2, 0) is 17.6 Å². The number of nitrogens with zero attached hydrogens (tertiary/aromatic N) is 3. The second-order valence-electron chi connectivity index (χ2n) is 6.93. The molecular weight excluding hydrogens is 360 g/mol. The Morgan fingerprint density at radius 2 is 1.89 bits per heavy atom. The Morgan fingerprint density at radius 1 is 1.14 bits per heavy atom.